The number of ether oxygens (including phenoxy) is 2. The Morgan fingerprint density at radius 3 is 2.25 bits per heavy atom. The van der Waals surface area contributed by atoms with Crippen molar-refractivity contribution in [2.75, 3.05) is 24.6 Å². The van der Waals surface area contributed by atoms with Crippen LogP contribution in [-0.4, -0.2) is 34.6 Å². The number of halogens is 1. The quantitative estimate of drug-likeness (QED) is 0.353. The summed E-state index contributed by atoms with van der Waals surface area (Å²) in [5.74, 6) is 0.938. The predicted molar refractivity (Wildman–Crippen MR) is 143 cm³/mol. The number of methoxy groups -OCH3 is 1. The Balaban J connectivity index is 1.90. The van der Waals surface area contributed by atoms with Crippen LogP contribution in [0.15, 0.2) is 71.6 Å². The number of nitrogens with one attached hydrogen (secondary N) is 1. The van der Waals surface area contributed by atoms with E-state index in [0.717, 1.165) is 21.2 Å². The highest BCUT2D eigenvalue weighted by molar-refractivity contribution is 7.92. The summed E-state index contributed by atoms with van der Waals surface area (Å²) < 4.78 is 39.1. The molecular formula is C27H31ClN2O5S. The van der Waals surface area contributed by atoms with E-state index in [9.17, 15) is 13.2 Å². The zero-order chi connectivity index (χ0) is 26.3. The van der Waals surface area contributed by atoms with E-state index in [0.29, 0.717) is 29.5 Å². The third-order valence-corrected chi connectivity index (χ3v) is 7.73. The molecule has 3 aromatic rings. The van der Waals surface area contributed by atoms with Gasteiger partial charge >= 0.3 is 0 Å². The normalized spacial score (nSPS) is 12.0. The molecule has 0 aliphatic rings. The molecule has 0 saturated heterocycles. The first-order valence-electron chi connectivity index (χ1n) is 11.6. The van der Waals surface area contributed by atoms with Crippen LogP contribution in [0.25, 0.3) is 0 Å². The maximum Gasteiger partial charge on any atom is 0.264 e. The second kappa shape index (κ2) is 12.1. The van der Waals surface area contributed by atoms with Crippen LogP contribution in [-0.2, 0) is 14.8 Å². The Bertz CT molecular complexity index is 1280. The largest absolute Gasteiger partial charge is 0.496 e. The van der Waals surface area contributed by atoms with Crippen molar-refractivity contribution < 1.29 is 22.7 Å². The molecule has 0 spiro atoms. The molecule has 192 valence electrons. The summed E-state index contributed by atoms with van der Waals surface area (Å²) in [7, 11) is -2.45. The molecule has 36 heavy (non-hydrogen) atoms. The number of carbonyl (C=O) groups excluding carboxylic acids is 1. The van der Waals surface area contributed by atoms with Crippen LogP contribution in [0.4, 0.5) is 5.69 Å². The Labute approximate surface area is 218 Å². The highest BCUT2D eigenvalue weighted by atomic mass is 35.5. The van der Waals surface area contributed by atoms with E-state index in [1.54, 1.807) is 31.4 Å². The van der Waals surface area contributed by atoms with Gasteiger partial charge in [0.1, 0.15) is 18.0 Å². The molecule has 0 heterocycles. The number of amides is 1. The SMILES string of the molecule is CCOc1ccc(N(CC(=O)N[C@@H](CC)c2ccc(OC)c(C)c2)S(=O)(=O)c2ccc(Cl)cc2)cc1. The molecule has 3 rings (SSSR count). The minimum atomic E-state index is -4.06. The first-order chi connectivity index (χ1) is 17.2. The summed E-state index contributed by atoms with van der Waals surface area (Å²) in [6.07, 6.45) is 0.629. The number of aryl methyl sites for hydroxylation is 1. The summed E-state index contributed by atoms with van der Waals surface area (Å²) in [6, 6.07) is 17.9. The van der Waals surface area contributed by atoms with Crippen LogP contribution in [0.5, 0.6) is 11.5 Å². The first kappa shape index (κ1) is 27.4. The van der Waals surface area contributed by atoms with Crippen LogP contribution in [0, 0.1) is 6.92 Å². The molecule has 3 aromatic carbocycles. The van der Waals surface area contributed by atoms with Gasteiger partial charge < -0.3 is 14.8 Å². The van der Waals surface area contributed by atoms with Gasteiger partial charge in [0.05, 0.1) is 30.3 Å². The van der Waals surface area contributed by atoms with E-state index < -0.39 is 22.5 Å². The monoisotopic (exact) mass is 530 g/mol. The molecule has 1 amide bonds. The number of nitrogens with zero attached hydrogens (tertiary/aromatic N) is 1. The molecule has 0 saturated carbocycles. The number of carbonyl (C=O) groups is 1. The van der Waals surface area contributed by atoms with Gasteiger partial charge in [-0.3, -0.25) is 9.10 Å². The van der Waals surface area contributed by atoms with Gasteiger partial charge in [-0.2, -0.15) is 0 Å². The number of hydrogen-bond donors (Lipinski definition) is 1. The van der Waals surface area contributed by atoms with E-state index in [2.05, 4.69) is 5.32 Å². The van der Waals surface area contributed by atoms with Crippen molar-refractivity contribution in [1.29, 1.82) is 0 Å². The highest BCUT2D eigenvalue weighted by Gasteiger charge is 2.28. The van der Waals surface area contributed by atoms with Gasteiger partial charge in [0.2, 0.25) is 5.91 Å². The minimum Gasteiger partial charge on any atom is -0.496 e. The van der Waals surface area contributed by atoms with Gasteiger partial charge in [-0.1, -0.05) is 30.7 Å². The Hall–Kier alpha value is -3.23. The molecule has 0 unspecified atom stereocenters. The Kier molecular flexibility index (Phi) is 9.23. The lowest BCUT2D eigenvalue weighted by molar-refractivity contribution is -0.120. The standard InChI is InChI=1S/C27H31ClN2O5S/c1-5-25(20-7-16-26(34-4)19(3)17-20)29-27(31)18-30(22-10-12-23(13-11-22)35-6-2)36(32,33)24-14-8-21(28)9-15-24/h7-17,25H,5-6,18H2,1-4H3,(H,29,31)/t25-/m0/s1. The lowest BCUT2D eigenvalue weighted by atomic mass is 10.0. The molecule has 0 aliphatic heterocycles. The Morgan fingerprint density at radius 2 is 1.69 bits per heavy atom. The van der Waals surface area contributed by atoms with E-state index in [4.69, 9.17) is 21.1 Å². The molecule has 1 N–H and O–H groups in total. The van der Waals surface area contributed by atoms with Crippen molar-refractivity contribution in [3.63, 3.8) is 0 Å². The van der Waals surface area contributed by atoms with Crippen LogP contribution < -0.4 is 19.1 Å². The van der Waals surface area contributed by atoms with Crippen molar-refractivity contribution in [2.45, 2.75) is 38.1 Å². The third-order valence-electron chi connectivity index (χ3n) is 5.69. The average Bonchev–Trinajstić information content (AvgIpc) is 2.87. The van der Waals surface area contributed by atoms with Crippen molar-refractivity contribution in [1.82, 2.24) is 5.32 Å². The molecule has 0 radical (unpaired) electrons. The highest BCUT2D eigenvalue weighted by Crippen LogP contribution is 2.28. The lowest BCUT2D eigenvalue weighted by Gasteiger charge is -2.26. The van der Waals surface area contributed by atoms with Gasteiger partial charge in [-0.25, -0.2) is 8.42 Å². The molecule has 9 heteroatoms. The maximum atomic E-state index is 13.6. The van der Waals surface area contributed by atoms with Crippen molar-refractivity contribution >= 4 is 33.2 Å². The zero-order valence-electron chi connectivity index (χ0n) is 20.8. The number of anilines is 1. The van der Waals surface area contributed by atoms with E-state index in [1.165, 1.54) is 24.3 Å². The fourth-order valence-corrected chi connectivity index (χ4v) is 5.38. The van der Waals surface area contributed by atoms with E-state index in [1.807, 2.05) is 39.0 Å². The summed E-state index contributed by atoms with van der Waals surface area (Å²) in [5.41, 5.74) is 2.21. The molecule has 0 aliphatic carbocycles. The van der Waals surface area contributed by atoms with Crippen LogP contribution >= 0.6 is 11.6 Å². The first-order valence-corrected chi connectivity index (χ1v) is 13.5. The van der Waals surface area contributed by atoms with Crippen LogP contribution in [0.2, 0.25) is 5.02 Å². The topological polar surface area (TPSA) is 84.9 Å². The van der Waals surface area contributed by atoms with E-state index in [-0.39, 0.29) is 10.9 Å². The molecular weight excluding hydrogens is 500 g/mol. The number of benzene rings is 3. The fraction of sp³-hybridized carbons (Fsp3) is 0.296. The number of sulfonamides is 1. The van der Waals surface area contributed by atoms with E-state index >= 15 is 0 Å². The maximum absolute atomic E-state index is 13.6. The average molecular weight is 531 g/mol. The Morgan fingerprint density at radius 1 is 1.03 bits per heavy atom. The van der Waals surface area contributed by atoms with Crippen molar-refractivity contribution in [2.24, 2.45) is 0 Å². The molecule has 0 bridgehead atoms. The van der Waals surface area contributed by atoms with Crippen molar-refractivity contribution in [3.8, 4) is 11.5 Å². The van der Waals surface area contributed by atoms with Gasteiger partial charge in [0.15, 0.2) is 0 Å². The lowest BCUT2D eigenvalue weighted by Crippen LogP contribution is -2.42. The number of rotatable bonds is 11. The third kappa shape index (κ3) is 6.50. The summed E-state index contributed by atoms with van der Waals surface area (Å²) in [4.78, 5) is 13.2. The number of hydrogen-bond acceptors (Lipinski definition) is 5. The fourth-order valence-electron chi connectivity index (χ4n) is 3.83. The molecule has 0 aromatic heterocycles. The molecule has 0 fully saturated rings. The second-order valence-corrected chi connectivity index (χ2v) is 10.4. The van der Waals surface area contributed by atoms with Gasteiger partial charge in [0.25, 0.3) is 10.0 Å². The molecule has 1 atom stereocenters. The summed E-state index contributed by atoms with van der Waals surface area (Å²) >= 11 is 5.96. The van der Waals surface area contributed by atoms with Gasteiger partial charge in [-0.05, 0) is 86.0 Å². The predicted octanol–water partition coefficient (Wildman–Crippen LogP) is 5.52. The zero-order valence-corrected chi connectivity index (χ0v) is 22.4. The minimum absolute atomic E-state index is 0.0337. The second-order valence-electron chi connectivity index (χ2n) is 8.15. The van der Waals surface area contributed by atoms with Crippen LogP contribution in [0.3, 0.4) is 0 Å². The summed E-state index contributed by atoms with van der Waals surface area (Å²) in [6.45, 7) is 5.84. The summed E-state index contributed by atoms with van der Waals surface area (Å²) in [5, 5.41) is 3.40. The van der Waals surface area contributed by atoms with Gasteiger partial charge in [-0.15, -0.1) is 0 Å². The smallest absolute Gasteiger partial charge is 0.264 e. The van der Waals surface area contributed by atoms with Crippen LogP contribution in [0.1, 0.15) is 37.4 Å². The molecule has 7 nitrogen and oxygen atoms in total. The van der Waals surface area contributed by atoms with Gasteiger partial charge in [0, 0.05) is 5.02 Å². The van der Waals surface area contributed by atoms with Crippen molar-refractivity contribution in [3.05, 3.63) is 82.9 Å².